The summed E-state index contributed by atoms with van der Waals surface area (Å²) in [6.07, 6.45) is -0.125. The highest BCUT2D eigenvalue weighted by Gasteiger charge is 2.25. The van der Waals surface area contributed by atoms with Crippen LogP contribution in [0.4, 0.5) is 5.69 Å². The Balaban J connectivity index is 2.89. The molecular formula is C11H15N3O6S. The fourth-order valence-electron chi connectivity index (χ4n) is 1.45. The Bertz CT molecular complexity index is 626. The minimum absolute atomic E-state index is 0.125. The molecular weight excluding hydrogens is 302 g/mol. The summed E-state index contributed by atoms with van der Waals surface area (Å²) in [4.78, 5) is 21.1. The van der Waals surface area contributed by atoms with Crippen LogP contribution in [0.5, 0.6) is 0 Å². The molecule has 0 unspecified atom stereocenters. The van der Waals surface area contributed by atoms with Crippen LogP contribution in [-0.2, 0) is 21.4 Å². The average molecular weight is 317 g/mol. The molecule has 0 heterocycles. The van der Waals surface area contributed by atoms with E-state index in [9.17, 15) is 23.3 Å². The molecule has 2 N–H and O–H groups in total. The molecule has 0 spiro atoms. The third-order valence-electron chi connectivity index (χ3n) is 2.66. The third kappa shape index (κ3) is 4.77. The highest BCUT2D eigenvalue weighted by atomic mass is 32.2. The molecule has 21 heavy (non-hydrogen) atoms. The van der Waals surface area contributed by atoms with E-state index in [2.05, 4.69) is 0 Å². The molecule has 0 aliphatic rings. The molecule has 0 radical (unpaired) electrons. The Morgan fingerprint density at radius 2 is 1.90 bits per heavy atom. The van der Waals surface area contributed by atoms with Gasteiger partial charge in [0.1, 0.15) is 6.04 Å². The van der Waals surface area contributed by atoms with Crippen molar-refractivity contribution in [3.8, 4) is 0 Å². The van der Waals surface area contributed by atoms with Gasteiger partial charge >= 0.3 is 5.97 Å². The normalized spacial score (nSPS) is 13.1. The lowest BCUT2D eigenvalue weighted by Crippen LogP contribution is -2.47. The summed E-state index contributed by atoms with van der Waals surface area (Å²) in [6.45, 7) is 0. The minimum atomic E-state index is -3.89. The van der Waals surface area contributed by atoms with Crippen molar-refractivity contribution in [3.63, 3.8) is 0 Å². The molecule has 116 valence electrons. The van der Waals surface area contributed by atoms with Gasteiger partial charge in [0.15, 0.2) is 0 Å². The Morgan fingerprint density at radius 1 is 1.38 bits per heavy atom. The molecule has 9 nitrogen and oxygen atoms in total. The van der Waals surface area contributed by atoms with Crippen LogP contribution in [0.2, 0.25) is 0 Å². The molecule has 0 aromatic heterocycles. The van der Waals surface area contributed by atoms with Crippen molar-refractivity contribution in [2.75, 3.05) is 14.1 Å². The molecule has 0 saturated carbocycles. The second-order valence-electron chi connectivity index (χ2n) is 4.42. The van der Waals surface area contributed by atoms with Gasteiger partial charge in [-0.25, -0.2) is 0 Å². The first-order chi connectivity index (χ1) is 9.63. The quantitative estimate of drug-likeness (QED) is 0.537. The van der Waals surface area contributed by atoms with Gasteiger partial charge in [0.05, 0.1) is 4.92 Å². The number of nitro groups is 1. The second-order valence-corrected chi connectivity index (χ2v) is 6.34. The first kappa shape index (κ1) is 17.0. The Hall–Kier alpha value is -2.04. The molecule has 0 bridgehead atoms. The van der Waals surface area contributed by atoms with Crippen LogP contribution in [0.3, 0.4) is 0 Å². The zero-order valence-electron chi connectivity index (χ0n) is 11.4. The van der Waals surface area contributed by atoms with Crippen LogP contribution >= 0.6 is 0 Å². The van der Waals surface area contributed by atoms with Crippen LogP contribution in [0.15, 0.2) is 24.3 Å². The van der Waals surface area contributed by atoms with E-state index in [1.54, 1.807) is 0 Å². The summed E-state index contributed by atoms with van der Waals surface area (Å²) in [5, 5.41) is 19.6. The SMILES string of the molecule is CN(C)S(=O)(=O)N[C@@H](Cc1ccc([N+](=O)[O-])cc1)C(=O)O. The smallest absolute Gasteiger partial charge is 0.322 e. The van der Waals surface area contributed by atoms with Crippen LogP contribution in [0.1, 0.15) is 5.56 Å². The van der Waals surface area contributed by atoms with Crippen molar-refractivity contribution in [1.29, 1.82) is 0 Å². The van der Waals surface area contributed by atoms with E-state index in [1.807, 2.05) is 4.72 Å². The number of nitro benzene ring substituents is 1. The van der Waals surface area contributed by atoms with Crippen LogP contribution in [0, 0.1) is 10.1 Å². The number of benzene rings is 1. The number of hydrogen-bond acceptors (Lipinski definition) is 5. The fraction of sp³-hybridized carbons (Fsp3) is 0.364. The van der Waals surface area contributed by atoms with Crippen molar-refractivity contribution in [2.24, 2.45) is 0 Å². The molecule has 0 aliphatic heterocycles. The predicted molar refractivity (Wildman–Crippen MR) is 74.0 cm³/mol. The maximum absolute atomic E-state index is 11.6. The Labute approximate surface area is 121 Å². The zero-order valence-corrected chi connectivity index (χ0v) is 12.2. The van der Waals surface area contributed by atoms with Crippen LogP contribution in [0.25, 0.3) is 0 Å². The summed E-state index contributed by atoms with van der Waals surface area (Å²) in [7, 11) is -1.35. The molecule has 1 atom stereocenters. The van der Waals surface area contributed by atoms with Gasteiger partial charge in [-0.3, -0.25) is 14.9 Å². The minimum Gasteiger partial charge on any atom is -0.480 e. The van der Waals surface area contributed by atoms with Crippen molar-refractivity contribution in [2.45, 2.75) is 12.5 Å². The highest BCUT2D eigenvalue weighted by Crippen LogP contribution is 2.13. The molecule has 1 aromatic carbocycles. The number of rotatable bonds is 7. The molecule has 10 heteroatoms. The molecule has 0 fully saturated rings. The summed E-state index contributed by atoms with van der Waals surface area (Å²) < 4.78 is 26.2. The molecule has 0 amide bonds. The summed E-state index contributed by atoms with van der Waals surface area (Å²) in [6, 6.07) is 3.87. The lowest BCUT2D eigenvalue weighted by Gasteiger charge is -2.18. The zero-order chi connectivity index (χ0) is 16.2. The number of aliphatic carboxylic acids is 1. The van der Waals surface area contributed by atoms with E-state index in [4.69, 9.17) is 5.11 Å². The van der Waals surface area contributed by atoms with Gasteiger partial charge < -0.3 is 5.11 Å². The van der Waals surface area contributed by atoms with E-state index in [0.29, 0.717) is 5.56 Å². The predicted octanol–water partition coefficient (Wildman–Crippen LogP) is -0.0135. The van der Waals surface area contributed by atoms with Crippen molar-refractivity contribution < 1.29 is 23.2 Å². The maximum Gasteiger partial charge on any atom is 0.322 e. The topological polar surface area (TPSA) is 130 Å². The lowest BCUT2D eigenvalue weighted by molar-refractivity contribution is -0.384. The van der Waals surface area contributed by atoms with E-state index >= 15 is 0 Å². The van der Waals surface area contributed by atoms with Crippen LogP contribution < -0.4 is 4.72 Å². The molecule has 1 rings (SSSR count). The van der Waals surface area contributed by atoms with Gasteiger partial charge in [0.25, 0.3) is 15.9 Å². The standard InChI is InChI=1S/C11H15N3O6S/c1-13(2)21(19,20)12-10(11(15)16)7-8-3-5-9(6-4-8)14(17)18/h3-6,10,12H,7H2,1-2H3,(H,15,16)/t10-/m0/s1. The maximum atomic E-state index is 11.6. The average Bonchev–Trinajstić information content (AvgIpc) is 2.38. The number of carbonyl (C=O) groups is 1. The van der Waals surface area contributed by atoms with Crippen molar-refractivity contribution in [3.05, 3.63) is 39.9 Å². The number of nitrogens with zero attached hydrogens (tertiary/aromatic N) is 2. The van der Waals surface area contributed by atoms with Gasteiger partial charge in [0, 0.05) is 26.2 Å². The van der Waals surface area contributed by atoms with Crippen molar-refractivity contribution >= 4 is 21.9 Å². The summed E-state index contributed by atoms with van der Waals surface area (Å²) in [5.74, 6) is -1.33. The number of non-ortho nitro benzene ring substituents is 1. The number of carboxylic acid groups (broad SMARTS) is 1. The first-order valence-corrected chi connectivity index (χ1v) is 7.23. The summed E-state index contributed by atoms with van der Waals surface area (Å²) in [5.41, 5.74) is 0.342. The largest absolute Gasteiger partial charge is 0.480 e. The number of hydrogen-bond donors (Lipinski definition) is 2. The van der Waals surface area contributed by atoms with Gasteiger partial charge in [-0.1, -0.05) is 12.1 Å². The molecule has 1 aromatic rings. The third-order valence-corrected chi connectivity index (χ3v) is 4.20. The van der Waals surface area contributed by atoms with E-state index in [1.165, 1.54) is 38.4 Å². The van der Waals surface area contributed by atoms with E-state index in [-0.39, 0.29) is 12.1 Å². The number of carboxylic acids is 1. The highest BCUT2D eigenvalue weighted by molar-refractivity contribution is 7.87. The Kier molecular flexibility index (Phi) is 5.35. The van der Waals surface area contributed by atoms with Gasteiger partial charge in [-0.05, 0) is 12.0 Å². The van der Waals surface area contributed by atoms with Gasteiger partial charge in [-0.15, -0.1) is 0 Å². The van der Waals surface area contributed by atoms with E-state index in [0.717, 1.165) is 4.31 Å². The monoisotopic (exact) mass is 317 g/mol. The fourth-order valence-corrected chi connectivity index (χ4v) is 2.21. The lowest BCUT2D eigenvalue weighted by atomic mass is 10.1. The summed E-state index contributed by atoms with van der Waals surface area (Å²) >= 11 is 0. The van der Waals surface area contributed by atoms with Crippen LogP contribution in [-0.4, -0.2) is 48.9 Å². The van der Waals surface area contributed by atoms with E-state index < -0.39 is 27.1 Å². The first-order valence-electron chi connectivity index (χ1n) is 5.79. The Morgan fingerprint density at radius 3 is 2.29 bits per heavy atom. The van der Waals surface area contributed by atoms with Gasteiger partial charge in [-0.2, -0.15) is 17.4 Å². The second kappa shape index (κ2) is 6.61. The molecule has 0 saturated heterocycles. The van der Waals surface area contributed by atoms with Gasteiger partial charge in [0.2, 0.25) is 0 Å². The molecule has 0 aliphatic carbocycles. The van der Waals surface area contributed by atoms with Crippen molar-refractivity contribution in [1.82, 2.24) is 9.03 Å². The number of nitrogens with one attached hydrogen (secondary N) is 1.